The van der Waals surface area contributed by atoms with Gasteiger partial charge in [-0.15, -0.1) is 0 Å². The molecule has 4 nitrogen and oxygen atoms in total. The molecule has 22 heavy (non-hydrogen) atoms. The van der Waals surface area contributed by atoms with E-state index < -0.39 is 8.32 Å². The van der Waals surface area contributed by atoms with E-state index in [1.807, 2.05) is 0 Å². The van der Waals surface area contributed by atoms with Crippen molar-refractivity contribution in [3.8, 4) is 0 Å². The van der Waals surface area contributed by atoms with Crippen LogP contribution < -0.4 is 5.32 Å². The number of fused-ring (bicyclic) bond motifs is 1. The van der Waals surface area contributed by atoms with Crippen LogP contribution in [0, 0.1) is 5.92 Å². The van der Waals surface area contributed by atoms with Crippen molar-refractivity contribution in [2.45, 2.75) is 95.4 Å². The molecule has 1 N–H and O–H groups in total. The molecule has 1 amide bonds. The van der Waals surface area contributed by atoms with Crippen LogP contribution in [-0.4, -0.2) is 38.1 Å². The first kappa shape index (κ1) is 16.5. The van der Waals surface area contributed by atoms with E-state index in [-0.39, 0.29) is 34.6 Å². The van der Waals surface area contributed by atoms with Gasteiger partial charge in [-0.1, -0.05) is 33.6 Å². The molecule has 2 heterocycles. The summed E-state index contributed by atoms with van der Waals surface area (Å²) in [7, 11) is -1.85. The Morgan fingerprint density at radius 2 is 2.05 bits per heavy atom. The van der Waals surface area contributed by atoms with Gasteiger partial charge in [-0.2, -0.15) is 0 Å². The predicted octanol–water partition coefficient (Wildman–Crippen LogP) is 3.22. The van der Waals surface area contributed by atoms with E-state index in [0.29, 0.717) is 6.10 Å². The zero-order valence-electron chi connectivity index (χ0n) is 14.9. The molecule has 0 aromatic carbocycles. The second-order valence-corrected chi connectivity index (χ2v) is 13.7. The van der Waals surface area contributed by atoms with E-state index >= 15 is 0 Å². The Bertz CT molecular complexity index is 473. The Balaban J connectivity index is 1.69. The molecule has 2 saturated heterocycles. The summed E-state index contributed by atoms with van der Waals surface area (Å²) in [4.78, 5) is 12.2. The molecule has 1 aliphatic carbocycles. The van der Waals surface area contributed by atoms with Crippen LogP contribution in [0.1, 0.15) is 53.4 Å². The summed E-state index contributed by atoms with van der Waals surface area (Å²) in [6.07, 6.45) is 5.05. The number of carbonyl (C=O) groups is 1. The van der Waals surface area contributed by atoms with Crippen molar-refractivity contribution in [2.24, 2.45) is 5.92 Å². The standard InChI is InChI=1S/C17H31NO3Si/c1-11(21-22(5,6)16(2,3)4)13-14(18-15(13)19)17-10-8-7-9-12(17)20-17/h11-14H,7-10H2,1-6H3,(H,18,19)/t11-,12+,13-,14-,17+/m1/s1. The molecule has 0 spiro atoms. The molecule has 0 unspecified atom stereocenters. The molecular formula is C17H31NO3Si. The third-order valence-corrected chi connectivity index (χ3v) is 11.0. The van der Waals surface area contributed by atoms with Gasteiger partial charge in [0.05, 0.1) is 24.2 Å². The molecule has 2 aliphatic heterocycles. The third-order valence-electron chi connectivity index (χ3n) is 6.41. The van der Waals surface area contributed by atoms with Gasteiger partial charge in [0, 0.05) is 0 Å². The number of carbonyl (C=O) groups excluding carboxylic acids is 1. The van der Waals surface area contributed by atoms with Crippen LogP contribution >= 0.6 is 0 Å². The molecule has 0 aromatic heterocycles. The molecule has 0 bridgehead atoms. The van der Waals surface area contributed by atoms with E-state index in [0.717, 1.165) is 12.8 Å². The highest BCUT2D eigenvalue weighted by Crippen LogP contribution is 2.54. The van der Waals surface area contributed by atoms with E-state index in [1.54, 1.807) is 0 Å². The lowest BCUT2D eigenvalue weighted by atomic mass is 9.72. The van der Waals surface area contributed by atoms with Gasteiger partial charge in [0.1, 0.15) is 5.60 Å². The van der Waals surface area contributed by atoms with Gasteiger partial charge in [0.2, 0.25) is 5.91 Å². The fourth-order valence-electron chi connectivity index (χ4n) is 3.93. The zero-order valence-corrected chi connectivity index (χ0v) is 15.9. The van der Waals surface area contributed by atoms with Crippen LogP contribution in [0.2, 0.25) is 18.1 Å². The molecular weight excluding hydrogens is 294 g/mol. The highest BCUT2D eigenvalue weighted by molar-refractivity contribution is 6.74. The molecule has 0 radical (unpaired) electrons. The molecule has 0 aromatic rings. The van der Waals surface area contributed by atoms with E-state index in [4.69, 9.17) is 9.16 Å². The molecule has 1 saturated carbocycles. The minimum atomic E-state index is -1.85. The number of β-lactam (4-membered cyclic amide) rings is 1. The van der Waals surface area contributed by atoms with Gasteiger partial charge in [0.15, 0.2) is 8.32 Å². The van der Waals surface area contributed by atoms with Crippen LogP contribution in [0.25, 0.3) is 0 Å². The smallest absolute Gasteiger partial charge is 0.228 e. The molecule has 3 aliphatic rings. The predicted molar refractivity (Wildman–Crippen MR) is 89.2 cm³/mol. The number of rotatable bonds is 4. The lowest BCUT2D eigenvalue weighted by molar-refractivity contribution is -0.143. The highest BCUT2D eigenvalue weighted by Gasteiger charge is 2.68. The maximum Gasteiger partial charge on any atom is 0.228 e. The Kier molecular flexibility index (Phi) is 3.78. The summed E-state index contributed by atoms with van der Waals surface area (Å²) in [5.74, 6) is 0.0997. The van der Waals surface area contributed by atoms with Crippen LogP contribution in [-0.2, 0) is 14.0 Å². The van der Waals surface area contributed by atoms with Gasteiger partial charge >= 0.3 is 0 Å². The Hall–Kier alpha value is -0.393. The summed E-state index contributed by atoms with van der Waals surface area (Å²) >= 11 is 0. The first-order chi connectivity index (χ1) is 10.1. The summed E-state index contributed by atoms with van der Waals surface area (Å²) in [6, 6.07) is 0.157. The Labute approximate surface area is 135 Å². The topological polar surface area (TPSA) is 50.9 Å². The van der Waals surface area contributed by atoms with Crippen LogP contribution in [0.15, 0.2) is 0 Å². The Morgan fingerprint density at radius 3 is 2.59 bits per heavy atom. The van der Waals surface area contributed by atoms with Crippen molar-refractivity contribution in [1.82, 2.24) is 5.32 Å². The lowest BCUT2D eigenvalue weighted by Crippen LogP contribution is -2.69. The van der Waals surface area contributed by atoms with Gasteiger partial charge < -0.3 is 14.5 Å². The molecule has 5 atom stereocenters. The van der Waals surface area contributed by atoms with E-state index in [9.17, 15) is 4.79 Å². The third kappa shape index (κ3) is 2.45. The maximum atomic E-state index is 12.2. The van der Waals surface area contributed by atoms with Crippen molar-refractivity contribution in [2.75, 3.05) is 0 Å². The number of epoxide rings is 1. The van der Waals surface area contributed by atoms with Crippen molar-refractivity contribution in [3.05, 3.63) is 0 Å². The largest absolute Gasteiger partial charge is 0.413 e. The number of hydrogen-bond acceptors (Lipinski definition) is 3. The van der Waals surface area contributed by atoms with Crippen molar-refractivity contribution in [3.63, 3.8) is 0 Å². The minimum absolute atomic E-state index is 0.0270. The van der Waals surface area contributed by atoms with Crippen LogP contribution in [0.5, 0.6) is 0 Å². The molecule has 126 valence electrons. The summed E-state index contributed by atoms with van der Waals surface area (Å²) in [6.45, 7) is 13.3. The first-order valence-corrected chi connectivity index (χ1v) is 11.7. The van der Waals surface area contributed by atoms with Crippen LogP contribution in [0.4, 0.5) is 0 Å². The normalized spacial score (nSPS) is 39.5. The second-order valence-electron chi connectivity index (χ2n) is 8.90. The van der Waals surface area contributed by atoms with E-state index in [2.05, 4.69) is 46.1 Å². The summed E-state index contributed by atoms with van der Waals surface area (Å²) in [5.41, 5.74) is -0.0676. The molecule has 3 fully saturated rings. The fraction of sp³-hybridized carbons (Fsp3) is 0.941. The van der Waals surface area contributed by atoms with E-state index in [1.165, 1.54) is 12.8 Å². The maximum absolute atomic E-state index is 12.2. The van der Waals surface area contributed by atoms with Gasteiger partial charge in [-0.25, -0.2) is 0 Å². The number of amides is 1. The van der Waals surface area contributed by atoms with Gasteiger partial charge in [-0.05, 0) is 37.9 Å². The molecule has 5 heteroatoms. The molecule has 3 rings (SSSR count). The van der Waals surface area contributed by atoms with Crippen LogP contribution in [0.3, 0.4) is 0 Å². The zero-order chi connectivity index (χ0) is 16.3. The lowest BCUT2D eigenvalue weighted by Gasteiger charge is -2.47. The number of hydrogen-bond donors (Lipinski definition) is 1. The SMILES string of the molecule is C[C@@H](O[Si](C)(C)C(C)(C)C)[C@H]1C(=O)N[C@H]1[C@]12CCCC[C@@H]1O2. The Morgan fingerprint density at radius 1 is 1.36 bits per heavy atom. The monoisotopic (exact) mass is 325 g/mol. The number of nitrogens with one attached hydrogen (secondary N) is 1. The highest BCUT2D eigenvalue weighted by atomic mass is 28.4. The first-order valence-electron chi connectivity index (χ1n) is 8.74. The average molecular weight is 326 g/mol. The number of ether oxygens (including phenoxy) is 1. The average Bonchev–Trinajstić information content (AvgIpc) is 3.08. The minimum Gasteiger partial charge on any atom is -0.413 e. The van der Waals surface area contributed by atoms with Crippen molar-refractivity contribution in [1.29, 1.82) is 0 Å². The fourth-order valence-corrected chi connectivity index (χ4v) is 5.36. The quantitative estimate of drug-likeness (QED) is 0.490. The van der Waals surface area contributed by atoms with Gasteiger partial charge in [0.25, 0.3) is 0 Å². The summed E-state index contributed by atoms with van der Waals surface area (Å²) in [5, 5.41) is 3.29. The van der Waals surface area contributed by atoms with Gasteiger partial charge in [-0.3, -0.25) is 4.79 Å². The van der Waals surface area contributed by atoms with Crippen molar-refractivity contribution >= 4 is 14.2 Å². The second kappa shape index (κ2) is 5.05. The van der Waals surface area contributed by atoms with Crippen molar-refractivity contribution < 1.29 is 14.0 Å². The summed E-state index contributed by atoms with van der Waals surface area (Å²) < 4.78 is 12.5.